The van der Waals surface area contributed by atoms with Gasteiger partial charge in [0.25, 0.3) is 0 Å². The van der Waals surface area contributed by atoms with Crippen LogP contribution in [0.4, 0.5) is 0 Å². The molecule has 1 N–H and O–H groups in total. The van der Waals surface area contributed by atoms with Crippen molar-refractivity contribution in [3.05, 3.63) is 0 Å². The monoisotopic (exact) mass is 156 g/mol. The van der Waals surface area contributed by atoms with Crippen LogP contribution >= 0.6 is 0 Å². The fourth-order valence-electron chi connectivity index (χ4n) is 1.65. The van der Waals surface area contributed by atoms with E-state index in [1.54, 1.807) is 0 Å². The Morgan fingerprint density at radius 2 is 2.27 bits per heavy atom. The minimum Gasteiger partial charge on any atom is -0.481 e. The number of rotatable bonds is 3. The van der Waals surface area contributed by atoms with Crippen LogP contribution in [0.5, 0.6) is 0 Å². The molecule has 0 aliphatic heterocycles. The van der Waals surface area contributed by atoms with E-state index < -0.39 is 11.4 Å². The molecular weight excluding hydrogens is 144 g/mol. The Balaban J connectivity index is 2.56. The third-order valence-electron chi connectivity index (χ3n) is 2.63. The Labute approximate surface area is 65.4 Å². The van der Waals surface area contributed by atoms with Gasteiger partial charge in [-0.05, 0) is 19.3 Å². The zero-order chi connectivity index (χ0) is 8.48. The van der Waals surface area contributed by atoms with Crippen molar-refractivity contribution in [1.29, 1.82) is 0 Å². The maximum absolute atomic E-state index is 10.7. The van der Waals surface area contributed by atoms with E-state index in [0.717, 1.165) is 6.29 Å². The normalized spacial score (nSPS) is 35.9. The van der Waals surface area contributed by atoms with Crippen LogP contribution in [0.1, 0.15) is 26.2 Å². The summed E-state index contributed by atoms with van der Waals surface area (Å²) in [6.45, 7) is 1.86. The molecule has 0 amide bonds. The van der Waals surface area contributed by atoms with E-state index >= 15 is 0 Å². The van der Waals surface area contributed by atoms with Gasteiger partial charge in [-0.25, -0.2) is 0 Å². The Morgan fingerprint density at radius 1 is 1.73 bits per heavy atom. The minimum atomic E-state index is -0.752. The molecule has 11 heavy (non-hydrogen) atoms. The van der Waals surface area contributed by atoms with Crippen molar-refractivity contribution in [3.8, 4) is 0 Å². The molecule has 0 aromatic carbocycles. The van der Waals surface area contributed by atoms with Gasteiger partial charge >= 0.3 is 5.97 Å². The van der Waals surface area contributed by atoms with Gasteiger partial charge in [-0.2, -0.15) is 0 Å². The molecule has 0 saturated heterocycles. The zero-order valence-corrected chi connectivity index (χ0v) is 6.54. The summed E-state index contributed by atoms with van der Waals surface area (Å²) in [7, 11) is 0. The Hall–Kier alpha value is -0.860. The summed E-state index contributed by atoms with van der Waals surface area (Å²) >= 11 is 0. The molecule has 1 saturated carbocycles. The second-order valence-electron chi connectivity index (χ2n) is 3.24. The van der Waals surface area contributed by atoms with E-state index in [0.29, 0.717) is 19.3 Å². The summed E-state index contributed by atoms with van der Waals surface area (Å²) in [5, 5.41) is 8.78. The van der Waals surface area contributed by atoms with Gasteiger partial charge in [0.05, 0.1) is 5.41 Å². The molecule has 0 heterocycles. The summed E-state index contributed by atoms with van der Waals surface area (Å²) in [6, 6.07) is 0. The van der Waals surface area contributed by atoms with Crippen molar-refractivity contribution >= 4 is 12.3 Å². The van der Waals surface area contributed by atoms with Crippen molar-refractivity contribution in [3.63, 3.8) is 0 Å². The number of hydrogen-bond acceptors (Lipinski definition) is 2. The van der Waals surface area contributed by atoms with Crippen LogP contribution in [-0.4, -0.2) is 17.4 Å². The number of hydrogen-bond donors (Lipinski definition) is 1. The first-order valence-corrected chi connectivity index (χ1v) is 3.83. The van der Waals surface area contributed by atoms with E-state index in [2.05, 4.69) is 0 Å². The molecule has 0 bridgehead atoms. The van der Waals surface area contributed by atoms with E-state index in [9.17, 15) is 9.59 Å². The number of aldehydes is 1. The number of carbonyl (C=O) groups is 2. The molecule has 1 fully saturated rings. The van der Waals surface area contributed by atoms with Crippen LogP contribution in [0.25, 0.3) is 0 Å². The van der Waals surface area contributed by atoms with Crippen LogP contribution in [0.2, 0.25) is 0 Å². The molecule has 0 aromatic rings. The van der Waals surface area contributed by atoms with Crippen LogP contribution in [-0.2, 0) is 9.59 Å². The number of aliphatic carboxylic acids is 1. The first kappa shape index (κ1) is 8.24. The summed E-state index contributed by atoms with van der Waals surface area (Å²) in [4.78, 5) is 20.9. The van der Waals surface area contributed by atoms with E-state index in [1.807, 2.05) is 6.92 Å². The topological polar surface area (TPSA) is 54.4 Å². The molecule has 0 spiro atoms. The molecule has 62 valence electrons. The lowest BCUT2D eigenvalue weighted by Crippen LogP contribution is -2.43. The molecule has 1 aliphatic rings. The van der Waals surface area contributed by atoms with E-state index in [4.69, 9.17) is 5.11 Å². The molecule has 1 rings (SSSR count). The van der Waals surface area contributed by atoms with Crippen molar-refractivity contribution in [2.45, 2.75) is 26.2 Å². The molecule has 1 aliphatic carbocycles. The van der Waals surface area contributed by atoms with Crippen molar-refractivity contribution < 1.29 is 14.7 Å². The van der Waals surface area contributed by atoms with Crippen molar-refractivity contribution in [1.82, 2.24) is 0 Å². The molecule has 0 atom stereocenters. The van der Waals surface area contributed by atoms with Gasteiger partial charge in [-0.1, -0.05) is 6.92 Å². The molecule has 3 heteroatoms. The maximum Gasteiger partial charge on any atom is 0.309 e. The predicted octanol–water partition coefficient (Wildman–Crippen LogP) is 1.08. The smallest absolute Gasteiger partial charge is 0.309 e. The van der Waals surface area contributed by atoms with E-state index in [1.165, 1.54) is 0 Å². The number of carboxylic acid groups (broad SMARTS) is 1. The average molecular weight is 156 g/mol. The maximum atomic E-state index is 10.7. The highest BCUT2D eigenvalue weighted by Gasteiger charge is 2.48. The van der Waals surface area contributed by atoms with Gasteiger partial charge in [0.2, 0.25) is 0 Å². The fourth-order valence-corrected chi connectivity index (χ4v) is 1.65. The molecule has 3 nitrogen and oxygen atoms in total. The first-order chi connectivity index (χ1) is 5.14. The molecular formula is C8H12O3. The van der Waals surface area contributed by atoms with Gasteiger partial charge in [0.15, 0.2) is 0 Å². The minimum absolute atomic E-state index is 0.00829. The lowest BCUT2D eigenvalue weighted by molar-refractivity contribution is -0.159. The second-order valence-corrected chi connectivity index (χ2v) is 3.24. The average Bonchev–Trinajstić information content (AvgIpc) is 1.86. The van der Waals surface area contributed by atoms with E-state index in [-0.39, 0.29) is 5.92 Å². The van der Waals surface area contributed by atoms with Crippen LogP contribution < -0.4 is 0 Å². The zero-order valence-electron chi connectivity index (χ0n) is 6.54. The Bertz CT molecular complexity index is 180. The first-order valence-electron chi connectivity index (χ1n) is 3.83. The Kier molecular flexibility index (Phi) is 1.98. The van der Waals surface area contributed by atoms with Gasteiger partial charge < -0.3 is 9.90 Å². The third-order valence-corrected chi connectivity index (χ3v) is 2.63. The van der Waals surface area contributed by atoms with Crippen LogP contribution in [0.15, 0.2) is 0 Å². The number of carbonyl (C=O) groups excluding carboxylic acids is 1. The SMILES string of the molecule is CCC1(C(=O)O)CC(C=O)C1. The van der Waals surface area contributed by atoms with Gasteiger partial charge in [0, 0.05) is 5.92 Å². The highest BCUT2D eigenvalue weighted by atomic mass is 16.4. The van der Waals surface area contributed by atoms with Gasteiger partial charge in [-0.3, -0.25) is 4.79 Å². The summed E-state index contributed by atoms with van der Waals surface area (Å²) in [5.41, 5.74) is -0.578. The predicted molar refractivity (Wildman–Crippen MR) is 39.1 cm³/mol. The standard InChI is InChI=1S/C8H12O3/c1-2-8(7(10)11)3-6(4-8)5-9/h5-6H,2-4H2,1H3,(H,10,11). The Morgan fingerprint density at radius 3 is 2.55 bits per heavy atom. The molecule has 0 unspecified atom stereocenters. The van der Waals surface area contributed by atoms with Gasteiger partial charge in [0.1, 0.15) is 6.29 Å². The van der Waals surface area contributed by atoms with Crippen molar-refractivity contribution in [2.24, 2.45) is 11.3 Å². The lowest BCUT2D eigenvalue weighted by Gasteiger charge is -2.41. The summed E-state index contributed by atoms with van der Waals surface area (Å²) in [6.07, 6.45) is 2.55. The highest BCUT2D eigenvalue weighted by molar-refractivity contribution is 5.78. The fraction of sp³-hybridized carbons (Fsp3) is 0.750. The lowest BCUT2D eigenvalue weighted by atomic mass is 9.61. The summed E-state index contributed by atoms with van der Waals surface area (Å²) in [5.74, 6) is -0.760. The quantitative estimate of drug-likeness (QED) is 0.622. The molecule has 0 radical (unpaired) electrons. The van der Waals surface area contributed by atoms with Crippen LogP contribution in [0, 0.1) is 11.3 Å². The van der Waals surface area contributed by atoms with Crippen molar-refractivity contribution in [2.75, 3.05) is 0 Å². The van der Waals surface area contributed by atoms with Crippen LogP contribution in [0.3, 0.4) is 0 Å². The largest absolute Gasteiger partial charge is 0.481 e. The third kappa shape index (κ3) is 1.15. The summed E-state index contributed by atoms with van der Waals surface area (Å²) < 4.78 is 0. The highest BCUT2D eigenvalue weighted by Crippen LogP contribution is 2.47. The molecule has 0 aromatic heterocycles. The van der Waals surface area contributed by atoms with Gasteiger partial charge in [-0.15, -0.1) is 0 Å². The second kappa shape index (κ2) is 2.64. The number of carboxylic acids is 1.